The Labute approximate surface area is 423 Å². The summed E-state index contributed by atoms with van der Waals surface area (Å²) in [5.74, 6) is -11.8. The van der Waals surface area contributed by atoms with E-state index in [0.29, 0.717) is 25.8 Å². The highest BCUT2D eigenvalue weighted by Gasteiger charge is 2.35. The third-order valence-electron chi connectivity index (χ3n) is 11.4. The average Bonchev–Trinajstić information content (AvgIpc) is 3.29. The van der Waals surface area contributed by atoms with Gasteiger partial charge in [-0.1, -0.05) is 106 Å². The van der Waals surface area contributed by atoms with Crippen molar-refractivity contribution in [2.45, 2.75) is 187 Å². The fraction of sp³-hybridized carbons (Fsp3) is 0.771. The topological polar surface area (TPSA) is 373 Å². The van der Waals surface area contributed by atoms with Crippen molar-refractivity contribution in [3.63, 3.8) is 0 Å². The van der Waals surface area contributed by atoms with Crippen LogP contribution in [-0.4, -0.2) is 171 Å². The van der Waals surface area contributed by atoms with E-state index in [1.807, 2.05) is 6.92 Å². The highest BCUT2D eigenvalue weighted by molar-refractivity contribution is 5.98. The van der Waals surface area contributed by atoms with Crippen LogP contribution in [0.25, 0.3) is 0 Å². The van der Waals surface area contributed by atoms with Crippen LogP contribution in [-0.2, 0) is 52.7 Å². The fourth-order valence-electron chi connectivity index (χ4n) is 7.48. The normalized spacial score (nSPS) is 13.6. The zero-order valence-corrected chi connectivity index (χ0v) is 43.4. The molecular weight excluding hydrogens is 943 g/mol. The van der Waals surface area contributed by atoms with Crippen molar-refractivity contribution in [3.05, 3.63) is 0 Å². The molecule has 24 nitrogen and oxygen atoms in total. The number of carbonyl (C=O) groups is 11. The Morgan fingerprint density at radius 2 is 0.792 bits per heavy atom. The van der Waals surface area contributed by atoms with E-state index >= 15 is 0 Å². The van der Waals surface area contributed by atoms with E-state index in [1.165, 1.54) is 11.8 Å². The lowest BCUT2D eigenvalue weighted by atomic mass is 10.0. The quantitative estimate of drug-likeness (QED) is 0.0354. The van der Waals surface area contributed by atoms with Gasteiger partial charge in [0, 0.05) is 20.0 Å². The second kappa shape index (κ2) is 36.9. The van der Waals surface area contributed by atoms with Crippen molar-refractivity contribution in [1.82, 2.24) is 41.7 Å². The number of carboxylic acid groups (broad SMARTS) is 2. The molecule has 0 saturated carbocycles. The molecule has 0 rings (SSSR count). The number of aliphatic carboxylic acids is 2. The molecule has 6 atom stereocenters. The van der Waals surface area contributed by atoms with Crippen LogP contribution >= 0.6 is 0 Å². The van der Waals surface area contributed by atoms with Gasteiger partial charge in [0.15, 0.2) is 0 Å². The molecule has 0 bridgehead atoms. The Balaban J connectivity index is 6.30. The number of amides is 9. The van der Waals surface area contributed by atoms with Gasteiger partial charge >= 0.3 is 11.9 Å². The number of aliphatic hydroxyl groups excluding tert-OH is 2. The molecule has 0 fully saturated rings. The van der Waals surface area contributed by atoms with Gasteiger partial charge in [-0.3, -0.25) is 52.7 Å². The first-order valence-electron chi connectivity index (χ1n) is 25.2. The maximum absolute atomic E-state index is 14.1. The number of hydrogen-bond donors (Lipinski definition) is 11. The van der Waals surface area contributed by atoms with E-state index in [4.69, 9.17) is 5.73 Å². The van der Waals surface area contributed by atoms with Gasteiger partial charge in [-0.25, -0.2) is 0 Å². The number of rotatable bonds is 40. The molecule has 0 aromatic heterocycles. The molecule has 0 heterocycles. The van der Waals surface area contributed by atoms with E-state index in [9.17, 15) is 73.2 Å². The second-order valence-electron chi connectivity index (χ2n) is 18.9. The van der Waals surface area contributed by atoms with Gasteiger partial charge in [-0.2, -0.15) is 0 Å². The van der Waals surface area contributed by atoms with Crippen LogP contribution in [0.15, 0.2) is 0 Å². The van der Waals surface area contributed by atoms with Crippen molar-refractivity contribution >= 4 is 65.1 Å². The van der Waals surface area contributed by atoms with Crippen LogP contribution in [0.3, 0.4) is 0 Å². The molecule has 9 amide bonds. The smallest absolute Gasteiger partial charge is 0.305 e. The highest BCUT2D eigenvalue weighted by atomic mass is 16.4. The fourth-order valence-corrected chi connectivity index (χ4v) is 7.48. The Morgan fingerprint density at radius 1 is 0.458 bits per heavy atom. The Hall–Kier alpha value is -5.91. The maximum atomic E-state index is 14.1. The summed E-state index contributed by atoms with van der Waals surface area (Å²) in [5.41, 5.74) is 5.26. The predicted octanol–water partition coefficient (Wildman–Crippen LogP) is -0.195. The number of nitrogens with one attached hydrogen (secondary N) is 6. The Kier molecular flexibility index (Phi) is 33.9. The number of carbonyl (C=O) groups excluding carboxylic acids is 9. The van der Waals surface area contributed by atoms with Gasteiger partial charge in [0.1, 0.15) is 36.3 Å². The minimum absolute atomic E-state index is 0.0111. The lowest BCUT2D eigenvalue weighted by molar-refractivity contribution is -0.145. The van der Waals surface area contributed by atoms with E-state index < -0.39 is 128 Å². The standard InChI is InChI=1S/C48H85N9O15/c1-8-10-12-14-16-18-20-56(32(7)60)26-39(61)51-37(28-58)46(70)52-35(23-31(5)6)45(69)55-38(29-59)47(71)53-34(22-30(3)4)44(68)54-36(25-42(65)66)48(72)57(21-19-17-15-13-11-9-2)27-40(62)50-33(43(49)67)24-41(63)64/h30-31,33-38,58-59H,8-29H2,1-7H3,(H2,49,67)(H,50,62)(H,51,61)(H,52,70)(H,53,71)(H,54,68)(H,55,69)(H,63,64)(H,65,66)/t33-,34-,35-,36-,37-,38-/m0/s1. The minimum atomic E-state index is -1.81. The number of nitrogens with two attached hydrogens (primary N) is 1. The number of primary amides is 1. The first-order chi connectivity index (χ1) is 33.9. The summed E-state index contributed by atoms with van der Waals surface area (Å²) >= 11 is 0. The van der Waals surface area contributed by atoms with Gasteiger partial charge in [0.2, 0.25) is 53.2 Å². The Morgan fingerprint density at radius 3 is 1.18 bits per heavy atom. The molecule has 12 N–H and O–H groups in total. The van der Waals surface area contributed by atoms with Crippen molar-refractivity contribution in [3.8, 4) is 0 Å². The van der Waals surface area contributed by atoms with Gasteiger partial charge in [0.05, 0.1) is 39.1 Å². The number of nitrogens with zero attached hydrogens (tertiary/aromatic N) is 2. The van der Waals surface area contributed by atoms with Crippen LogP contribution in [0.2, 0.25) is 0 Å². The summed E-state index contributed by atoms with van der Waals surface area (Å²) in [6.45, 7) is 9.50. The molecule has 0 aliphatic carbocycles. The lowest BCUT2D eigenvalue weighted by Crippen LogP contribution is -2.61. The van der Waals surface area contributed by atoms with Crippen molar-refractivity contribution in [2.24, 2.45) is 17.6 Å². The zero-order chi connectivity index (χ0) is 54.9. The van der Waals surface area contributed by atoms with Crippen LogP contribution in [0.4, 0.5) is 0 Å². The molecule has 0 aliphatic rings. The number of hydrogen-bond acceptors (Lipinski definition) is 13. The summed E-state index contributed by atoms with van der Waals surface area (Å²) in [7, 11) is 0. The molecular formula is C48H85N9O15. The maximum Gasteiger partial charge on any atom is 0.305 e. The highest BCUT2D eigenvalue weighted by Crippen LogP contribution is 2.12. The minimum Gasteiger partial charge on any atom is -0.481 e. The summed E-state index contributed by atoms with van der Waals surface area (Å²) in [6.07, 6.45) is 8.40. The molecule has 0 spiro atoms. The first kappa shape index (κ1) is 66.1. The number of unbranched alkanes of at least 4 members (excludes halogenated alkanes) is 10. The monoisotopic (exact) mass is 1030 g/mol. The molecule has 0 saturated heterocycles. The van der Waals surface area contributed by atoms with E-state index in [1.54, 1.807) is 27.7 Å². The van der Waals surface area contributed by atoms with Gasteiger partial charge < -0.3 is 67.9 Å². The van der Waals surface area contributed by atoms with Crippen molar-refractivity contribution in [1.29, 1.82) is 0 Å². The molecule has 0 aliphatic heterocycles. The molecule has 0 unspecified atom stereocenters. The zero-order valence-electron chi connectivity index (χ0n) is 43.4. The van der Waals surface area contributed by atoms with Gasteiger partial charge in [0.25, 0.3) is 0 Å². The summed E-state index contributed by atoms with van der Waals surface area (Å²) < 4.78 is 0. The largest absolute Gasteiger partial charge is 0.481 e. The molecule has 0 aromatic carbocycles. The SMILES string of the molecule is CCCCCCCCN(CC(=O)N[C@@H](CO)C(=O)N[C@@H](CC(C)C)C(=O)N[C@@H](CO)C(=O)N[C@@H](CC(C)C)C(=O)N[C@@H](CC(=O)O)C(=O)N(CCCCCCCC)CC(=O)N[C@@H](CC(=O)O)C(N)=O)C(C)=O. The van der Waals surface area contributed by atoms with Crippen LogP contribution in [0, 0.1) is 11.8 Å². The van der Waals surface area contributed by atoms with Crippen molar-refractivity contribution < 1.29 is 73.2 Å². The second-order valence-corrected chi connectivity index (χ2v) is 18.9. The van der Waals surface area contributed by atoms with Crippen LogP contribution < -0.4 is 37.6 Å². The molecule has 412 valence electrons. The van der Waals surface area contributed by atoms with Crippen LogP contribution in [0.5, 0.6) is 0 Å². The van der Waals surface area contributed by atoms with Gasteiger partial charge in [-0.15, -0.1) is 0 Å². The lowest BCUT2D eigenvalue weighted by Gasteiger charge is -2.29. The predicted molar refractivity (Wildman–Crippen MR) is 264 cm³/mol. The molecule has 0 aromatic rings. The van der Waals surface area contributed by atoms with Crippen molar-refractivity contribution in [2.75, 3.05) is 39.4 Å². The Bertz CT molecular complexity index is 1770. The van der Waals surface area contributed by atoms with E-state index in [0.717, 1.165) is 62.7 Å². The van der Waals surface area contributed by atoms with Crippen LogP contribution in [0.1, 0.15) is 151 Å². The molecule has 0 radical (unpaired) electrons. The average molecular weight is 1030 g/mol. The number of carboxylic acids is 2. The summed E-state index contributed by atoms with van der Waals surface area (Å²) in [5, 5.41) is 53.5. The third kappa shape index (κ3) is 28.8. The molecule has 72 heavy (non-hydrogen) atoms. The summed E-state index contributed by atoms with van der Waals surface area (Å²) in [4.78, 5) is 145. The first-order valence-corrected chi connectivity index (χ1v) is 25.2. The molecule has 24 heteroatoms. The number of aliphatic hydroxyl groups is 2. The summed E-state index contributed by atoms with van der Waals surface area (Å²) in [6, 6.07) is -9.55. The third-order valence-corrected chi connectivity index (χ3v) is 11.4. The van der Waals surface area contributed by atoms with E-state index in [-0.39, 0.29) is 43.7 Å². The van der Waals surface area contributed by atoms with Gasteiger partial charge in [-0.05, 0) is 37.5 Å². The van der Waals surface area contributed by atoms with E-state index in [2.05, 4.69) is 38.8 Å².